The topological polar surface area (TPSA) is 69.6 Å². The number of carbonyl (C=O) groups is 1. The van der Waals surface area contributed by atoms with Crippen molar-refractivity contribution in [3.63, 3.8) is 0 Å². The maximum absolute atomic E-state index is 13.5. The van der Waals surface area contributed by atoms with Gasteiger partial charge in [0.05, 0.1) is 0 Å². The Morgan fingerprint density at radius 1 is 1.24 bits per heavy atom. The van der Waals surface area contributed by atoms with Crippen LogP contribution in [0, 0.1) is 0 Å². The predicted octanol–water partition coefficient (Wildman–Crippen LogP) is 2.44. The molecule has 0 aliphatic carbocycles. The second-order valence-electron chi connectivity index (χ2n) is 4.51. The highest BCUT2D eigenvalue weighted by Crippen LogP contribution is 2.28. The summed E-state index contributed by atoms with van der Waals surface area (Å²) in [5.74, 6) is -2.54. The van der Waals surface area contributed by atoms with E-state index in [0.717, 1.165) is 18.5 Å². The number of phenolic OH excluding ortho intramolecular Hbond substituents is 1. The summed E-state index contributed by atoms with van der Waals surface area (Å²) in [7, 11) is 0. The number of aromatic hydroxyl groups is 1. The van der Waals surface area contributed by atoms with Gasteiger partial charge in [0.2, 0.25) is 0 Å². The average molecular weight is 309 g/mol. The summed E-state index contributed by atoms with van der Waals surface area (Å²) in [6.07, 6.45) is -5.07. The Kier molecular flexibility index (Phi) is 5.95. The third kappa shape index (κ3) is 5.58. The van der Waals surface area contributed by atoms with Gasteiger partial charge in [-0.2, -0.15) is 13.2 Å². The van der Waals surface area contributed by atoms with Gasteiger partial charge in [0, 0.05) is 12.5 Å². The van der Waals surface area contributed by atoms with Crippen LogP contribution < -0.4 is 5.32 Å². The number of carboxylic acids is 1. The highest BCUT2D eigenvalue weighted by molar-refractivity contribution is 5.73. The molecule has 0 unspecified atom stereocenters. The minimum absolute atomic E-state index is 0.0168. The molecule has 1 fully saturated rings. The van der Waals surface area contributed by atoms with Crippen LogP contribution in [0.2, 0.25) is 0 Å². The van der Waals surface area contributed by atoms with Crippen molar-refractivity contribution in [3.8, 4) is 5.75 Å². The SMILES string of the molecule is O=C(O)C(F)(F)F.Oc1ccc([C@H]2CCNC[C@@H]2F)cc1. The molecular weight excluding hydrogens is 294 g/mol. The largest absolute Gasteiger partial charge is 0.508 e. The fraction of sp³-hybridized carbons (Fsp3) is 0.462. The number of alkyl halides is 4. The van der Waals surface area contributed by atoms with Gasteiger partial charge < -0.3 is 15.5 Å². The van der Waals surface area contributed by atoms with Crippen molar-refractivity contribution in [2.45, 2.75) is 24.7 Å². The first-order valence-electron chi connectivity index (χ1n) is 6.15. The van der Waals surface area contributed by atoms with Crippen molar-refractivity contribution in [3.05, 3.63) is 29.8 Å². The monoisotopic (exact) mass is 309 g/mol. The first kappa shape index (κ1) is 17.2. The smallest absolute Gasteiger partial charge is 0.490 e. The fourth-order valence-corrected chi connectivity index (χ4v) is 1.92. The molecule has 0 amide bonds. The summed E-state index contributed by atoms with van der Waals surface area (Å²) in [5.41, 5.74) is 0.983. The number of rotatable bonds is 1. The summed E-state index contributed by atoms with van der Waals surface area (Å²) < 4.78 is 45.2. The van der Waals surface area contributed by atoms with Crippen molar-refractivity contribution in [2.75, 3.05) is 13.1 Å². The number of hydrogen-bond acceptors (Lipinski definition) is 3. The molecule has 1 aromatic rings. The first-order chi connectivity index (χ1) is 9.71. The molecule has 118 valence electrons. The van der Waals surface area contributed by atoms with E-state index >= 15 is 0 Å². The van der Waals surface area contributed by atoms with Gasteiger partial charge in [0.1, 0.15) is 11.9 Å². The molecule has 0 aromatic heterocycles. The molecule has 21 heavy (non-hydrogen) atoms. The molecular formula is C13H15F4NO3. The Morgan fingerprint density at radius 3 is 2.19 bits per heavy atom. The lowest BCUT2D eigenvalue weighted by Gasteiger charge is -2.26. The molecule has 0 bridgehead atoms. The summed E-state index contributed by atoms with van der Waals surface area (Å²) in [5, 5.41) is 19.3. The van der Waals surface area contributed by atoms with Crippen LogP contribution in [0.25, 0.3) is 0 Å². The van der Waals surface area contributed by atoms with Gasteiger partial charge >= 0.3 is 12.1 Å². The zero-order chi connectivity index (χ0) is 16.0. The van der Waals surface area contributed by atoms with Crippen molar-refractivity contribution in [1.82, 2.24) is 5.32 Å². The number of phenols is 1. The highest BCUT2D eigenvalue weighted by atomic mass is 19.4. The number of piperidine rings is 1. The molecule has 1 aromatic carbocycles. The van der Waals surface area contributed by atoms with Crippen LogP contribution in [-0.4, -0.2) is 41.6 Å². The van der Waals surface area contributed by atoms with Crippen molar-refractivity contribution < 1.29 is 32.6 Å². The van der Waals surface area contributed by atoms with Crippen LogP contribution in [0.5, 0.6) is 5.75 Å². The lowest BCUT2D eigenvalue weighted by atomic mass is 9.89. The van der Waals surface area contributed by atoms with E-state index in [1.54, 1.807) is 24.3 Å². The Balaban J connectivity index is 0.000000270. The number of benzene rings is 1. The first-order valence-corrected chi connectivity index (χ1v) is 6.15. The van der Waals surface area contributed by atoms with Gasteiger partial charge in [-0.3, -0.25) is 0 Å². The maximum atomic E-state index is 13.5. The molecule has 1 saturated heterocycles. The van der Waals surface area contributed by atoms with Crippen LogP contribution >= 0.6 is 0 Å². The van der Waals surface area contributed by atoms with E-state index in [0.29, 0.717) is 6.54 Å². The molecule has 2 rings (SSSR count). The predicted molar refractivity (Wildman–Crippen MR) is 66.9 cm³/mol. The van der Waals surface area contributed by atoms with Crippen molar-refractivity contribution >= 4 is 5.97 Å². The normalized spacial score (nSPS) is 22.1. The molecule has 3 N–H and O–H groups in total. The number of aliphatic carboxylic acids is 1. The van der Waals surface area contributed by atoms with E-state index in [-0.39, 0.29) is 11.7 Å². The molecule has 1 heterocycles. The van der Waals surface area contributed by atoms with Crippen molar-refractivity contribution in [2.24, 2.45) is 0 Å². The van der Waals surface area contributed by atoms with Gasteiger partial charge in [0.15, 0.2) is 0 Å². The van der Waals surface area contributed by atoms with Crippen LogP contribution in [0.15, 0.2) is 24.3 Å². The molecule has 4 nitrogen and oxygen atoms in total. The standard InChI is InChI=1S/C11H14FNO.C2HF3O2/c12-11-7-13-6-5-10(11)8-1-3-9(14)4-2-8;3-2(4,5)1(6)7/h1-4,10-11,13-14H,5-7H2;(H,6,7)/t10-,11+;/m1./s1. The average Bonchev–Trinajstić information content (AvgIpc) is 2.40. The van der Waals surface area contributed by atoms with Gasteiger partial charge in [0.25, 0.3) is 0 Å². The second kappa shape index (κ2) is 7.26. The molecule has 2 atom stereocenters. The summed E-state index contributed by atoms with van der Waals surface area (Å²) in [4.78, 5) is 8.90. The quantitative estimate of drug-likeness (QED) is 0.697. The molecule has 8 heteroatoms. The fourth-order valence-electron chi connectivity index (χ4n) is 1.92. The molecule has 1 aliphatic heterocycles. The molecule has 0 saturated carbocycles. The zero-order valence-corrected chi connectivity index (χ0v) is 10.9. The van der Waals surface area contributed by atoms with E-state index in [1.165, 1.54) is 0 Å². The van der Waals surface area contributed by atoms with E-state index in [4.69, 9.17) is 15.0 Å². The molecule has 0 spiro atoms. The number of halogens is 4. The number of carboxylic acid groups (broad SMARTS) is 1. The highest BCUT2D eigenvalue weighted by Gasteiger charge is 2.38. The van der Waals surface area contributed by atoms with Gasteiger partial charge in [-0.05, 0) is 30.7 Å². The van der Waals surface area contributed by atoms with E-state index in [9.17, 15) is 17.6 Å². The Labute approximate surface area is 118 Å². The van der Waals surface area contributed by atoms with Crippen LogP contribution in [0.1, 0.15) is 17.9 Å². The summed E-state index contributed by atoms with van der Waals surface area (Å²) in [6.45, 7) is 1.30. The Bertz CT molecular complexity index is 461. The number of hydrogen-bond donors (Lipinski definition) is 3. The Hall–Kier alpha value is -1.83. The van der Waals surface area contributed by atoms with E-state index in [2.05, 4.69) is 5.32 Å². The lowest BCUT2D eigenvalue weighted by molar-refractivity contribution is -0.192. The molecule has 1 aliphatic rings. The van der Waals surface area contributed by atoms with Gasteiger partial charge in [-0.25, -0.2) is 9.18 Å². The minimum Gasteiger partial charge on any atom is -0.508 e. The third-order valence-corrected chi connectivity index (χ3v) is 2.97. The van der Waals surface area contributed by atoms with Crippen LogP contribution in [0.3, 0.4) is 0 Å². The number of nitrogens with one attached hydrogen (secondary N) is 1. The second-order valence-corrected chi connectivity index (χ2v) is 4.51. The molecule has 0 radical (unpaired) electrons. The summed E-state index contributed by atoms with van der Waals surface area (Å²) in [6, 6.07) is 6.84. The maximum Gasteiger partial charge on any atom is 0.490 e. The minimum atomic E-state index is -5.08. The van der Waals surface area contributed by atoms with Crippen LogP contribution in [-0.2, 0) is 4.79 Å². The van der Waals surface area contributed by atoms with Gasteiger partial charge in [-0.15, -0.1) is 0 Å². The van der Waals surface area contributed by atoms with E-state index in [1.807, 2.05) is 0 Å². The van der Waals surface area contributed by atoms with Crippen molar-refractivity contribution in [1.29, 1.82) is 0 Å². The van der Waals surface area contributed by atoms with Gasteiger partial charge in [-0.1, -0.05) is 12.1 Å². The van der Waals surface area contributed by atoms with Crippen LogP contribution in [0.4, 0.5) is 17.6 Å². The Morgan fingerprint density at radius 2 is 1.76 bits per heavy atom. The third-order valence-electron chi connectivity index (χ3n) is 2.97. The zero-order valence-electron chi connectivity index (χ0n) is 10.9. The van der Waals surface area contributed by atoms with E-state index < -0.39 is 18.3 Å². The lowest BCUT2D eigenvalue weighted by Crippen LogP contribution is -2.36. The summed E-state index contributed by atoms with van der Waals surface area (Å²) >= 11 is 0.